The molecule has 0 bridgehead atoms. The molecule has 0 fully saturated rings. The van der Waals surface area contributed by atoms with Gasteiger partial charge in [-0.15, -0.1) is 0 Å². The molecule has 0 N–H and O–H groups in total. The van der Waals surface area contributed by atoms with Crippen LogP contribution in [0.15, 0.2) is 71.3 Å². The predicted octanol–water partition coefficient (Wildman–Crippen LogP) is 9.70. The normalized spacial score (nSPS) is 21.0. The van der Waals surface area contributed by atoms with E-state index < -0.39 is 8.07 Å². The second-order valence-corrected chi connectivity index (χ2v) is 17.9. The average Bonchev–Trinajstić information content (AvgIpc) is 3.27. The molecule has 2 aliphatic carbocycles. The van der Waals surface area contributed by atoms with Gasteiger partial charge in [-0.3, -0.25) is 0 Å². The molecule has 0 spiro atoms. The van der Waals surface area contributed by atoms with Gasteiger partial charge in [0.15, 0.2) is 0 Å². The molecule has 1 heteroatoms. The Morgan fingerprint density at radius 3 is 1.91 bits per heavy atom. The first-order valence-corrected chi connectivity index (χ1v) is 15.7. The quantitative estimate of drug-likeness (QED) is 0.405. The summed E-state index contributed by atoms with van der Waals surface area (Å²) in [5.41, 5.74) is 13.3. The molecule has 2 aromatic rings. The fourth-order valence-corrected chi connectivity index (χ4v) is 10.6. The Bertz CT molecular complexity index is 1150. The lowest BCUT2D eigenvalue weighted by atomic mass is 9.86. The van der Waals surface area contributed by atoms with Crippen LogP contribution < -0.4 is 0 Å². The molecule has 0 saturated carbocycles. The Hall–Kier alpha value is -2.12. The smallest absolute Gasteiger partial charge is 0.0714 e. The van der Waals surface area contributed by atoms with Crippen LogP contribution in [0.1, 0.15) is 77.6 Å². The highest BCUT2D eigenvalue weighted by molar-refractivity contribution is 6.82. The largest absolute Gasteiger partial charge is 0.0763 e. The van der Waals surface area contributed by atoms with E-state index in [2.05, 4.69) is 129 Å². The van der Waals surface area contributed by atoms with E-state index in [9.17, 15) is 0 Å². The Balaban J connectivity index is 1.75. The molecular formula is C32H42Si. The number of rotatable bonds is 3. The van der Waals surface area contributed by atoms with Crippen molar-refractivity contribution in [2.45, 2.75) is 85.0 Å². The number of hydrogen-bond donors (Lipinski definition) is 0. The summed E-state index contributed by atoms with van der Waals surface area (Å²) in [5.74, 6) is 0. The number of allylic oxidation sites excluding steroid dienone is 5. The van der Waals surface area contributed by atoms with E-state index in [4.69, 9.17) is 0 Å². The lowest BCUT2D eigenvalue weighted by Gasteiger charge is -2.37. The Labute approximate surface area is 203 Å². The molecule has 2 aromatic carbocycles. The predicted molar refractivity (Wildman–Crippen MR) is 149 cm³/mol. The van der Waals surface area contributed by atoms with E-state index in [1.165, 1.54) is 27.8 Å². The third kappa shape index (κ3) is 4.25. The Morgan fingerprint density at radius 2 is 1.36 bits per heavy atom. The van der Waals surface area contributed by atoms with Gasteiger partial charge in [0.05, 0.1) is 8.07 Å². The molecule has 2 aliphatic rings. The summed E-state index contributed by atoms with van der Waals surface area (Å²) < 4.78 is 0. The van der Waals surface area contributed by atoms with Crippen molar-refractivity contribution in [3.63, 3.8) is 0 Å². The van der Waals surface area contributed by atoms with Gasteiger partial charge in [0.1, 0.15) is 0 Å². The van der Waals surface area contributed by atoms with Crippen molar-refractivity contribution in [1.29, 1.82) is 0 Å². The standard InChI is InChI=1S/C32H42Si/c1-21-18-25(32(6,7)8)20-29(21)33(9,10)30-22(2)19-28-26(12-11-13-27(28)30)23-14-16-24(17-15-23)31(3,4)5/h11-20,29-30H,1-10H3. The van der Waals surface area contributed by atoms with E-state index in [-0.39, 0.29) is 10.8 Å². The summed E-state index contributed by atoms with van der Waals surface area (Å²) in [7, 11) is -1.71. The van der Waals surface area contributed by atoms with E-state index in [0.717, 1.165) is 0 Å². The van der Waals surface area contributed by atoms with Gasteiger partial charge < -0.3 is 0 Å². The molecule has 0 aromatic heterocycles. The lowest BCUT2D eigenvalue weighted by Crippen LogP contribution is -2.39. The zero-order valence-corrected chi connectivity index (χ0v) is 23.4. The van der Waals surface area contributed by atoms with Crippen LogP contribution in [0.4, 0.5) is 0 Å². The van der Waals surface area contributed by atoms with Gasteiger partial charge >= 0.3 is 0 Å². The first kappa shape index (κ1) is 24.0. The topological polar surface area (TPSA) is 0 Å². The molecule has 174 valence electrons. The number of fused-ring (bicyclic) bond motifs is 1. The minimum atomic E-state index is -1.71. The zero-order chi connectivity index (χ0) is 24.3. The van der Waals surface area contributed by atoms with Crippen molar-refractivity contribution in [3.8, 4) is 11.1 Å². The van der Waals surface area contributed by atoms with Crippen LogP contribution in [0, 0.1) is 5.41 Å². The van der Waals surface area contributed by atoms with Crippen LogP contribution in [0.3, 0.4) is 0 Å². The van der Waals surface area contributed by atoms with E-state index >= 15 is 0 Å². The molecule has 0 heterocycles. The number of hydrogen-bond acceptors (Lipinski definition) is 0. The van der Waals surface area contributed by atoms with Crippen molar-refractivity contribution in [1.82, 2.24) is 0 Å². The molecule has 0 aliphatic heterocycles. The van der Waals surface area contributed by atoms with Gasteiger partial charge in [-0.05, 0) is 63.6 Å². The van der Waals surface area contributed by atoms with E-state index in [1.54, 1.807) is 16.7 Å². The fourth-order valence-electron chi connectivity index (χ4n) is 6.08. The summed E-state index contributed by atoms with van der Waals surface area (Å²) in [6, 6.07) is 16.2. The summed E-state index contributed by atoms with van der Waals surface area (Å²) in [6.45, 7) is 23.8. The lowest BCUT2D eigenvalue weighted by molar-refractivity contribution is 0.517. The summed E-state index contributed by atoms with van der Waals surface area (Å²) in [4.78, 5) is 0. The molecule has 0 saturated heterocycles. The van der Waals surface area contributed by atoms with Crippen molar-refractivity contribution in [2.24, 2.45) is 5.41 Å². The third-order valence-corrected chi connectivity index (χ3v) is 12.5. The van der Waals surface area contributed by atoms with Crippen LogP contribution >= 0.6 is 0 Å². The van der Waals surface area contributed by atoms with Gasteiger partial charge in [-0.25, -0.2) is 0 Å². The fraction of sp³-hybridized carbons (Fsp3) is 0.438. The first-order valence-electron chi connectivity index (χ1n) is 12.5. The second-order valence-electron chi connectivity index (χ2n) is 13.0. The van der Waals surface area contributed by atoms with Crippen molar-refractivity contribution in [2.75, 3.05) is 0 Å². The first-order chi connectivity index (χ1) is 15.2. The molecule has 0 nitrogen and oxygen atoms in total. The highest BCUT2D eigenvalue weighted by Crippen LogP contribution is 2.53. The molecule has 2 unspecified atom stereocenters. The molecule has 33 heavy (non-hydrogen) atoms. The average molecular weight is 455 g/mol. The molecule has 0 radical (unpaired) electrons. The summed E-state index contributed by atoms with van der Waals surface area (Å²) in [6.07, 6.45) is 7.58. The highest BCUT2D eigenvalue weighted by Gasteiger charge is 2.45. The third-order valence-electron chi connectivity index (χ3n) is 7.97. The van der Waals surface area contributed by atoms with E-state index in [1.807, 2.05) is 0 Å². The minimum Gasteiger partial charge on any atom is -0.0763 e. The van der Waals surface area contributed by atoms with Crippen LogP contribution in [0.25, 0.3) is 17.2 Å². The van der Waals surface area contributed by atoms with Crippen molar-refractivity contribution >= 4 is 14.1 Å². The minimum absolute atomic E-state index is 0.181. The molecule has 4 rings (SSSR count). The van der Waals surface area contributed by atoms with Gasteiger partial charge in [0.2, 0.25) is 0 Å². The molecular weight excluding hydrogens is 412 g/mol. The maximum atomic E-state index is 2.61. The van der Waals surface area contributed by atoms with Gasteiger partial charge in [-0.1, -0.05) is 126 Å². The Kier molecular flexibility index (Phi) is 5.81. The van der Waals surface area contributed by atoms with Crippen molar-refractivity contribution < 1.29 is 0 Å². The molecule has 2 atom stereocenters. The van der Waals surface area contributed by atoms with E-state index in [0.29, 0.717) is 11.1 Å². The summed E-state index contributed by atoms with van der Waals surface area (Å²) >= 11 is 0. The maximum absolute atomic E-state index is 2.61. The SMILES string of the molecule is CC1=CC(C(C)(C)C)=CC1[Si](C)(C)C1C(C)=Cc2c(-c3ccc(C(C)(C)C)cc3)cccc21. The van der Waals surface area contributed by atoms with Crippen LogP contribution in [-0.2, 0) is 5.41 Å². The van der Waals surface area contributed by atoms with Crippen LogP contribution in [0.5, 0.6) is 0 Å². The van der Waals surface area contributed by atoms with Gasteiger partial charge in [0, 0.05) is 5.54 Å². The monoisotopic (exact) mass is 454 g/mol. The van der Waals surface area contributed by atoms with Gasteiger partial charge in [-0.2, -0.15) is 0 Å². The molecule has 0 amide bonds. The highest BCUT2D eigenvalue weighted by atomic mass is 28.3. The number of benzene rings is 2. The maximum Gasteiger partial charge on any atom is 0.0714 e. The van der Waals surface area contributed by atoms with Gasteiger partial charge in [0.25, 0.3) is 0 Å². The zero-order valence-electron chi connectivity index (χ0n) is 22.4. The second kappa shape index (κ2) is 7.98. The van der Waals surface area contributed by atoms with Crippen molar-refractivity contribution in [3.05, 3.63) is 88.0 Å². The van der Waals surface area contributed by atoms with Crippen LogP contribution in [-0.4, -0.2) is 8.07 Å². The summed E-state index contributed by atoms with van der Waals surface area (Å²) in [5, 5.41) is 0. The van der Waals surface area contributed by atoms with Crippen LogP contribution in [0.2, 0.25) is 18.6 Å². The Morgan fingerprint density at radius 1 is 0.727 bits per heavy atom.